The summed E-state index contributed by atoms with van der Waals surface area (Å²) in [6.07, 6.45) is -0.955. The third-order valence-corrected chi connectivity index (χ3v) is 4.64. The largest absolute Gasteiger partial charge is 0.491 e. The van der Waals surface area contributed by atoms with Crippen LogP contribution in [0.15, 0.2) is 95.8 Å². The van der Waals surface area contributed by atoms with Gasteiger partial charge >= 0.3 is 0 Å². The van der Waals surface area contributed by atoms with E-state index in [0.717, 1.165) is 5.75 Å². The van der Waals surface area contributed by atoms with E-state index < -0.39 is 6.10 Å². The fourth-order valence-electron chi connectivity index (χ4n) is 3.03. The van der Waals surface area contributed by atoms with Gasteiger partial charge in [0.1, 0.15) is 35.8 Å². The number of halogens is 1. The summed E-state index contributed by atoms with van der Waals surface area (Å²) in [5.74, 6) is 1.61. The number of para-hydroxylation sites is 1. The molecule has 0 aliphatic rings. The number of hydrogen-bond donors (Lipinski definition) is 1. The van der Waals surface area contributed by atoms with Gasteiger partial charge in [-0.05, 0) is 66.7 Å². The highest BCUT2D eigenvalue weighted by molar-refractivity contribution is 5.57. The molecule has 1 heterocycles. The fraction of sp³-hybridized carbons (Fsp3) is 0.120. The first-order valence-corrected chi connectivity index (χ1v) is 10.0. The predicted molar refractivity (Wildman–Crippen MR) is 118 cm³/mol. The van der Waals surface area contributed by atoms with Crippen LogP contribution >= 0.6 is 0 Å². The van der Waals surface area contributed by atoms with E-state index in [-0.39, 0.29) is 24.5 Å². The predicted octanol–water partition coefficient (Wildman–Crippen LogP) is 4.28. The van der Waals surface area contributed by atoms with Crippen molar-refractivity contribution in [3.63, 3.8) is 0 Å². The van der Waals surface area contributed by atoms with E-state index in [1.165, 1.54) is 22.9 Å². The second-order valence-corrected chi connectivity index (χ2v) is 7.10. The van der Waals surface area contributed by atoms with Crippen LogP contribution in [0, 0.1) is 5.82 Å². The van der Waals surface area contributed by atoms with E-state index in [1.807, 2.05) is 30.3 Å². The molecule has 4 aromatic rings. The first kappa shape index (κ1) is 21.3. The van der Waals surface area contributed by atoms with E-state index in [4.69, 9.17) is 9.47 Å². The van der Waals surface area contributed by atoms with E-state index >= 15 is 0 Å². The Labute approximate surface area is 184 Å². The third kappa shape index (κ3) is 5.59. The molecule has 32 heavy (non-hydrogen) atoms. The number of ether oxygens (including phenoxy) is 2. The minimum atomic E-state index is -0.955. The zero-order valence-corrected chi connectivity index (χ0v) is 17.1. The molecule has 0 spiro atoms. The third-order valence-electron chi connectivity index (χ3n) is 4.64. The molecule has 6 nitrogen and oxygen atoms in total. The van der Waals surface area contributed by atoms with Crippen molar-refractivity contribution in [3.05, 3.63) is 107 Å². The summed E-state index contributed by atoms with van der Waals surface area (Å²) >= 11 is 0. The summed E-state index contributed by atoms with van der Waals surface area (Å²) in [4.78, 5) is 12.1. The smallest absolute Gasteiger partial charge is 0.266 e. The fourth-order valence-corrected chi connectivity index (χ4v) is 3.03. The standard InChI is InChI=1S/C25H21FN2O4/c26-19-8-6-18(7-9-19)24-14-15-25(30)28(27-24)16-20(29)17-31-21-10-12-23(13-11-21)32-22-4-2-1-3-5-22/h1-15,20,29H,16-17H2/t20-/m1/s1. The quantitative estimate of drug-likeness (QED) is 0.450. The van der Waals surface area contributed by atoms with Gasteiger partial charge in [0.05, 0.1) is 12.2 Å². The molecule has 0 amide bonds. The molecule has 4 rings (SSSR count). The molecule has 0 unspecified atom stereocenters. The number of aliphatic hydroxyl groups is 1. The van der Waals surface area contributed by atoms with Crippen LogP contribution in [-0.4, -0.2) is 27.6 Å². The minimum Gasteiger partial charge on any atom is -0.491 e. The maximum Gasteiger partial charge on any atom is 0.266 e. The van der Waals surface area contributed by atoms with Crippen LogP contribution in [0.1, 0.15) is 0 Å². The molecule has 0 fully saturated rings. The summed E-state index contributed by atoms with van der Waals surface area (Å²) in [5.41, 5.74) is 0.827. The lowest BCUT2D eigenvalue weighted by Crippen LogP contribution is -2.31. The summed E-state index contributed by atoms with van der Waals surface area (Å²) in [6, 6.07) is 25.2. The van der Waals surface area contributed by atoms with Gasteiger partial charge in [-0.15, -0.1) is 0 Å². The Morgan fingerprint density at radius 2 is 1.50 bits per heavy atom. The van der Waals surface area contributed by atoms with Crippen LogP contribution in [-0.2, 0) is 6.54 Å². The summed E-state index contributed by atoms with van der Waals surface area (Å²) < 4.78 is 25.7. The topological polar surface area (TPSA) is 73.6 Å². The van der Waals surface area contributed by atoms with Gasteiger partial charge in [-0.2, -0.15) is 5.10 Å². The van der Waals surface area contributed by atoms with Crippen molar-refractivity contribution >= 4 is 0 Å². The second kappa shape index (κ2) is 9.89. The van der Waals surface area contributed by atoms with Gasteiger partial charge in [-0.3, -0.25) is 4.79 Å². The van der Waals surface area contributed by atoms with Crippen LogP contribution in [0.5, 0.6) is 17.2 Å². The molecule has 0 bridgehead atoms. The van der Waals surface area contributed by atoms with Crippen LogP contribution in [0.2, 0.25) is 0 Å². The van der Waals surface area contributed by atoms with Gasteiger partial charge in [0, 0.05) is 11.6 Å². The number of hydrogen-bond acceptors (Lipinski definition) is 5. The van der Waals surface area contributed by atoms with E-state index in [1.54, 1.807) is 42.5 Å². The maximum absolute atomic E-state index is 13.1. The van der Waals surface area contributed by atoms with Gasteiger partial charge in [0.25, 0.3) is 5.56 Å². The highest BCUT2D eigenvalue weighted by Gasteiger charge is 2.11. The van der Waals surface area contributed by atoms with E-state index in [2.05, 4.69) is 5.10 Å². The van der Waals surface area contributed by atoms with Crippen LogP contribution in [0.25, 0.3) is 11.3 Å². The average molecular weight is 432 g/mol. The zero-order valence-electron chi connectivity index (χ0n) is 17.1. The van der Waals surface area contributed by atoms with Crippen molar-refractivity contribution in [2.24, 2.45) is 0 Å². The van der Waals surface area contributed by atoms with Crippen molar-refractivity contribution in [2.75, 3.05) is 6.61 Å². The Hall–Kier alpha value is -3.97. The molecule has 0 aliphatic heterocycles. The minimum absolute atomic E-state index is 0.0201. The van der Waals surface area contributed by atoms with Crippen molar-refractivity contribution in [2.45, 2.75) is 12.6 Å². The molecule has 1 aromatic heterocycles. The maximum atomic E-state index is 13.1. The highest BCUT2D eigenvalue weighted by Crippen LogP contribution is 2.23. The van der Waals surface area contributed by atoms with Crippen LogP contribution in [0.3, 0.4) is 0 Å². The van der Waals surface area contributed by atoms with Crippen LogP contribution < -0.4 is 15.0 Å². The van der Waals surface area contributed by atoms with Gasteiger partial charge in [0.2, 0.25) is 0 Å². The Bertz CT molecular complexity index is 1210. The molecule has 162 valence electrons. The summed E-state index contributed by atoms with van der Waals surface area (Å²) in [7, 11) is 0. The van der Waals surface area contributed by atoms with Gasteiger partial charge in [-0.1, -0.05) is 18.2 Å². The Morgan fingerprint density at radius 1 is 0.844 bits per heavy atom. The Morgan fingerprint density at radius 3 is 2.22 bits per heavy atom. The first-order chi connectivity index (χ1) is 15.6. The first-order valence-electron chi connectivity index (χ1n) is 10.0. The number of nitrogens with zero attached hydrogens (tertiary/aromatic N) is 2. The molecular formula is C25H21FN2O4. The molecule has 1 N–H and O–H groups in total. The molecule has 0 radical (unpaired) electrons. The Kier molecular flexibility index (Phi) is 6.57. The molecule has 7 heteroatoms. The molecule has 3 aromatic carbocycles. The molecular weight excluding hydrogens is 411 g/mol. The lowest BCUT2D eigenvalue weighted by molar-refractivity contribution is 0.0880. The van der Waals surface area contributed by atoms with Crippen molar-refractivity contribution in [1.82, 2.24) is 9.78 Å². The number of aliphatic hydroxyl groups excluding tert-OH is 1. The molecule has 0 saturated heterocycles. The summed E-state index contributed by atoms with van der Waals surface area (Å²) in [5, 5.41) is 14.6. The monoisotopic (exact) mass is 432 g/mol. The normalized spacial score (nSPS) is 11.7. The highest BCUT2D eigenvalue weighted by atomic mass is 19.1. The van der Waals surface area contributed by atoms with Crippen LogP contribution in [0.4, 0.5) is 4.39 Å². The Balaban J connectivity index is 1.34. The molecule has 1 atom stereocenters. The second-order valence-electron chi connectivity index (χ2n) is 7.10. The lowest BCUT2D eigenvalue weighted by Gasteiger charge is -2.14. The average Bonchev–Trinajstić information content (AvgIpc) is 2.81. The number of aromatic nitrogens is 2. The molecule has 0 aliphatic carbocycles. The van der Waals surface area contributed by atoms with Crippen molar-refractivity contribution in [3.8, 4) is 28.5 Å². The zero-order chi connectivity index (χ0) is 22.3. The van der Waals surface area contributed by atoms with Gasteiger partial charge < -0.3 is 14.6 Å². The molecule has 0 saturated carbocycles. The lowest BCUT2D eigenvalue weighted by atomic mass is 10.1. The van der Waals surface area contributed by atoms with E-state index in [9.17, 15) is 14.3 Å². The number of rotatable bonds is 8. The van der Waals surface area contributed by atoms with Gasteiger partial charge in [0.15, 0.2) is 0 Å². The van der Waals surface area contributed by atoms with Crippen molar-refractivity contribution < 1.29 is 19.0 Å². The van der Waals surface area contributed by atoms with Crippen molar-refractivity contribution in [1.29, 1.82) is 0 Å². The summed E-state index contributed by atoms with van der Waals surface area (Å²) in [6.45, 7) is -0.0587. The van der Waals surface area contributed by atoms with Gasteiger partial charge in [-0.25, -0.2) is 9.07 Å². The SMILES string of the molecule is O=c1ccc(-c2ccc(F)cc2)nn1C[C@@H](O)COc1ccc(Oc2ccccc2)cc1. The number of benzene rings is 3. The van der Waals surface area contributed by atoms with E-state index in [0.29, 0.717) is 22.8 Å².